The molecule has 0 heterocycles. The molecule has 18 heavy (non-hydrogen) atoms. The van der Waals surface area contributed by atoms with Crippen LogP contribution in [0.3, 0.4) is 0 Å². The van der Waals surface area contributed by atoms with E-state index in [4.69, 9.17) is 20.9 Å². The van der Waals surface area contributed by atoms with E-state index in [1.807, 2.05) is 0 Å². The molecule has 1 rings (SSSR count). The Hall–Kier alpha value is -1.58. The number of unbranched alkanes of at least 4 members (excludes halogenated alkanes) is 2. The highest BCUT2D eigenvalue weighted by atomic mass is 16.5. The maximum absolute atomic E-state index is 5.79. The van der Waals surface area contributed by atoms with Crippen LogP contribution in [0.1, 0.15) is 39.5 Å². The van der Waals surface area contributed by atoms with E-state index in [1.54, 1.807) is 12.1 Å². The Kier molecular flexibility index (Phi) is 6.19. The van der Waals surface area contributed by atoms with Crippen LogP contribution in [0.4, 0.5) is 11.4 Å². The molecule has 0 unspecified atom stereocenters. The van der Waals surface area contributed by atoms with Crippen molar-refractivity contribution in [2.75, 3.05) is 24.7 Å². The highest BCUT2D eigenvalue weighted by molar-refractivity contribution is 5.69. The molecule has 0 fully saturated rings. The molecule has 0 aromatic heterocycles. The minimum Gasteiger partial charge on any atom is -0.490 e. The second kappa shape index (κ2) is 7.69. The predicted molar refractivity (Wildman–Crippen MR) is 76.1 cm³/mol. The fourth-order valence-electron chi connectivity index (χ4n) is 1.47. The third-order valence-electron chi connectivity index (χ3n) is 2.66. The molecule has 1 aromatic carbocycles. The summed E-state index contributed by atoms with van der Waals surface area (Å²) in [6.45, 7) is 5.59. The zero-order valence-electron chi connectivity index (χ0n) is 11.4. The number of rotatable bonds is 8. The molecule has 4 heteroatoms. The average molecular weight is 252 g/mol. The third-order valence-corrected chi connectivity index (χ3v) is 2.66. The first-order valence-corrected chi connectivity index (χ1v) is 6.63. The highest BCUT2D eigenvalue weighted by Gasteiger charge is 2.09. The van der Waals surface area contributed by atoms with Crippen LogP contribution in [-0.2, 0) is 0 Å². The van der Waals surface area contributed by atoms with E-state index < -0.39 is 0 Å². The second-order valence-electron chi connectivity index (χ2n) is 4.33. The summed E-state index contributed by atoms with van der Waals surface area (Å²) in [6, 6.07) is 3.48. The number of hydrogen-bond acceptors (Lipinski definition) is 4. The van der Waals surface area contributed by atoms with Gasteiger partial charge in [0.15, 0.2) is 11.5 Å². The van der Waals surface area contributed by atoms with E-state index >= 15 is 0 Å². The van der Waals surface area contributed by atoms with Gasteiger partial charge in [-0.05, 0) is 12.8 Å². The molecule has 0 amide bonds. The fraction of sp³-hybridized carbons (Fsp3) is 0.571. The molecule has 0 bridgehead atoms. The van der Waals surface area contributed by atoms with Gasteiger partial charge in [-0.3, -0.25) is 0 Å². The van der Waals surface area contributed by atoms with Gasteiger partial charge in [0.2, 0.25) is 0 Å². The topological polar surface area (TPSA) is 70.5 Å². The summed E-state index contributed by atoms with van der Waals surface area (Å²) in [5, 5.41) is 0. The van der Waals surface area contributed by atoms with Crippen molar-refractivity contribution in [2.24, 2.45) is 0 Å². The fourth-order valence-corrected chi connectivity index (χ4v) is 1.47. The Bertz CT molecular complexity index is 332. The SMILES string of the molecule is CCCCOc1cc(N)c(N)cc1OCCCC. The Morgan fingerprint density at radius 1 is 0.833 bits per heavy atom. The first-order chi connectivity index (χ1) is 8.69. The molecule has 0 aliphatic carbocycles. The minimum absolute atomic E-state index is 0.532. The van der Waals surface area contributed by atoms with Crippen LogP contribution in [0.25, 0.3) is 0 Å². The van der Waals surface area contributed by atoms with Crippen LogP contribution >= 0.6 is 0 Å². The van der Waals surface area contributed by atoms with Crippen molar-refractivity contribution in [1.82, 2.24) is 0 Å². The molecule has 102 valence electrons. The predicted octanol–water partition coefficient (Wildman–Crippen LogP) is 3.21. The van der Waals surface area contributed by atoms with Crippen molar-refractivity contribution < 1.29 is 9.47 Å². The van der Waals surface area contributed by atoms with Crippen LogP contribution in [0.5, 0.6) is 11.5 Å². The van der Waals surface area contributed by atoms with Gasteiger partial charge < -0.3 is 20.9 Å². The quantitative estimate of drug-likeness (QED) is 0.550. The van der Waals surface area contributed by atoms with Gasteiger partial charge in [-0.25, -0.2) is 0 Å². The van der Waals surface area contributed by atoms with Gasteiger partial charge in [0.25, 0.3) is 0 Å². The summed E-state index contributed by atoms with van der Waals surface area (Å²) in [5.41, 5.74) is 12.6. The lowest BCUT2D eigenvalue weighted by Gasteiger charge is -2.14. The van der Waals surface area contributed by atoms with Crippen molar-refractivity contribution in [3.05, 3.63) is 12.1 Å². The van der Waals surface area contributed by atoms with Crippen molar-refractivity contribution >= 4 is 11.4 Å². The van der Waals surface area contributed by atoms with Gasteiger partial charge >= 0.3 is 0 Å². The molecular formula is C14H24N2O2. The largest absolute Gasteiger partial charge is 0.490 e. The van der Waals surface area contributed by atoms with Crippen molar-refractivity contribution in [3.63, 3.8) is 0 Å². The van der Waals surface area contributed by atoms with E-state index in [-0.39, 0.29) is 0 Å². The van der Waals surface area contributed by atoms with Crippen LogP contribution in [-0.4, -0.2) is 13.2 Å². The normalized spacial score (nSPS) is 10.3. The Balaban J connectivity index is 2.73. The summed E-state index contributed by atoms with van der Waals surface area (Å²) in [4.78, 5) is 0. The maximum atomic E-state index is 5.79. The van der Waals surface area contributed by atoms with Crippen molar-refractivity contribution in [3.8, 4) is 11.5 Å². The molecule has 0 saturated heterocycles. The molecule has 0 spiro atoms. The van der Waals surface area contributed by atoms with Crippen LogP contribution < -0.4 is 20.9 Å². The zero-order valence-corrected chi connectivity index (χ0v) is 11.4. The first kappa shape index (κ1) is 14.5. The number of hydrogen-bond donors (Lipinski definition) is 2. The average Bonchev–Trinajstić information content (AvgIpc) is 2.35. The summed E-state index contributed by atoms with van der Waals surface area (Å²) >= 11 is 0. The number of ether oxygens (including phenoxy) is 2. The zero-order chi connectivity index (χ0) is 13.4. The standard InChI is InChI=1S/C14H24N2O2/c1-3-5-7-17-13-9-11(15)12(16)10-14(13)18-8-6-4-2/h9-10H,3-8,15-16H2,1-2H3. The van der Waals surface area contributed by atoms with Gasteiger partial charge in [-0.1, -0.05) is 26.7 Å². The van der Waals surface area contributed by atoms with E-state index in [1.165, 1.54) is 0 Å². The first-order valence-electron chi connectivity index (χ1n) is 6.63. The molecular weight excluding hydrogens is 228 g/mol. The molecule has 1 aromatic rings. The Morgan fingerprint density at radius 3 is 1.56 bits per heavy atom. The monoisotopic (exact) mass is 252 g/mol. The smallest absolute Gasteiger partial charge is 0.163 e. The van der Waals surface area contributed by atoms with Crippen LogP contribution in [0, 0.1) is 0 Å². The lowest BCUT2D eigenvalue weighted by Crippen LogP contribution is -2.04. The van der Waals surface area contributed by atoms with E-state index in [9.17, 15) is 0 Å². The van der Waals surface area contributed by atoms with Crippen LogP contribution in [0.15, 0.2) is 12.1 Å². The molecule has 0 radical (unpaired) electrons. The second-order valence-corrected chi connectivity index (χ2v) is 4.33. The number of nitrogen functional groups attached to an aromatic ring is 2. The molecule has 4 nitrogen and oxygen atoms in total. The van der Waals surface area contributed by atoms with Crippen molar-refractivity contribution in [2.45, 2.75) is 39.5 Å². The van der Waals surface area contributed by atoms with E-state index in [0.717, 1.165) is 25.7 Å². The molecule has 0 atom stereocenters. The summed E-state index contributed by atoms with van der Waals surface area (Å²) < 4.78 is 11.4. The third kappa shape index (κ3) is 4.35. The lowest BCUT2D eigenvalue weighted by atomic mass is 10.2. The summed E-state index contributed by atoms with van der Waals surface area (Å²) in [6.07, 6.45) is 4.21. The van der Waals surface area contributed by atoms with Crippen molar-refractivity contribution in [1.29, 1.82) is 0 Å². The van der Waals surface area contributed by atoms with Gasteiger partial charge in [0, 0.05) is 12.1 Å². The molecule has 0 aliphatic rings. The summed E-state index contributed by atoms with van der Waals surface area (Å²) in [5.74, 6) is 1.37. The van der Waals surface area contributed by atoms with Gasteiger partial charge in [-0.15, -0.1) is 0 Å². The minimum atomic E-state index is 0.532. The van der Waals surface area contributed by atoms with E-state index in [2.05, 4.69) is 13.8 Å². The van der Waals surface area contributed by atoms with Crippen LogP contribution in [0.2, 0.25) is 0 Å². The maximum Gasteiger partial charge on any atom is 0.163 e. The number of anilines is 2. The number of benzene rings is 1. The number of nitrogens with two attached hydrogens (primary N) is 2. The Labute approximate surface area is 109 Å². The summed E-state index contributed by atoms with van der Waals surface area (Å²) in [7, 11) is 0. The van der Waals surface area contributed by atoms with Gasteiger partial charge in [0.1, 0.15) is 0 Å². The molecule has 4 N–H and O–H groups in total. The Morgan fingerprint density at radius 2 is 1.22 bits per heavy atom. The molecule has 0 aliphatic heterocycles. The van der Waals surface area contributed by atoms with E-state index in [0.29, 0.717) is 36.1 Å². The van der Waals surface area contributed by atoms with Gasteiger partial charge in [-0.2, -0.15) is 0 Å². The highest BCUT2D eigenvalue weighted by Crippen LogP contribution is 2.34. The lowest BCUT2D eigenvalue weighted by molar-refractivity contribution is 0.262. The molecule has 0 saturated carbocycles. The van der Waals surface area contributed by atoms with Gasteiger partial charge in [0.05, 0.1) is 24.6 Å².